The number of carbonyl (C=O) groups is 3. The van der Waals surface area contributed by atoms with Crippen molar-refractivity contribution in [2.24, 2.45) is 0 Å². The first-order valence-corrected chi connectivity index (χ1v) is 11.3. The highest BCUT2D eigenvalue weighted by molar-refractivity contribution is 7.99. The molecule has 5 nitrogen and oxygen atoms in total. The van der Waals surface area contributed by atoms with Gasteiger partial charge in [0.2, 0.25) is 5.91 Å². The Morgan fingerprint density at radius 2 is 1.89 bits per heavy atom. The van der Waals surface area contributed by atoms with Crippen molar-refractivity contribution >= 4 is 45.8 Å². The molecule has 2 aromatic rings. The van der Waals surface area contributed by atoms with Crippen LogP contribution in [0, 0.1) is 0 Å². The number of hydrogen-bond donors (Lipinski definition) is 1. The number of thiophene rings is 1. The molecule has 1 aliphatic carbocycles. The number of rotatable bonds is 8. The summed E-state index contributed by atoms with van der Waals surface area (Å²) in [5.41, 5.74) is 2.38. The van der Waals surface area contributed by atoms with Crippen LogP contribution in [0.2, 0.25) is 0 Å². The third kappa shape index (κ3) is 5.02. The number of methoxy groups -OCH3 is 1. The molecule has 1 N–H and O–H groups in total. The lowest BCUT2D eigenvalue weighted by Gasteiger charge is -2.12. The molecule has 1 aromatic carbocycles. The molecule has 0 fully saturated rings. The van der Waals surface area contributed by atoms with Crippen molar-refractivity contribution in [3.8, 4) is 0 Å². The number of carbonyl (C=O) groups excluding carboxylic acids is 3. The molecule has 0 unspecified atom stereocenters. The van der Waals surface area contributed by atoms with Gasteiger partial charge in [-0.15, -0.1) is 11.3 Å². The van der Waals surface area contributed by atoms with Crippen molar-refractivity contribution in [2.75, 3.05) is 23.9 Å². The maximum atomic E-state index is 13.1. The monoisotopic (exact) mass is 417 g/mol. The van der Waals surface area contributed by atoms with Gasteiger partial charge in [0.15, 0.2) is 5.78 Å². The van der Waals surface area contributed by atoms with Crippen LogP contribution in [0.4, 0.5) is 5.00 Å². The van der Waals surface area contributed by atoms with Gasteiger partial charge in [-0.1, -0.05) is 30.3 Å². The number of thioether (sulfide) groups is 1. The predicted molar refractivity (Wildman–Crippen MR) is 113 cm³/mol. The first kappa shape index (κ1) is 20.6. The molecule has 0 aliphatic heterocycles. The molecule has 148 valence electrons. The van der Waals surface area contributed by atoms with Crippen molar-refractivity contribution in [1.29, 1.82) is 0 Å². The van der Waals surface area contributed by atoms with Crippen LogP contribution >= 0.6 is 23.1 Å². The van der Waals surface area contributed by atoms with E-state index in [2.05, 4.69) is 10.1 Å². The molecular formula is C21H23NO4S2. The Kier molecular flexibility index (Phi) is 7.28. The molecule has 0 saturated heterocycles. The van der Waals surface area contributed by atoms with E-state index in [-0.39, 0.29) is 29.8 Å². The lowest BCUT2D eigenvalue weighted by Crippen LogP contribution is -2.17. The maximum absolute atomic E-state index is 13.1. The molecule has 0 spiro atoms. The average molecular weight is 418 g/mol. The second-order valence-corrected chi connectivity index (χ2v) is 8.75. The van der Waals surface area contributed by atoms with E-state index in [4.69, 9.17) is 0 Å². The summed E-state index contributed by atoms with van der Waals surface area (Å²) in [5.74, 6) is 0.286. The third-order valence-corrected chi connectivity index (χ3v) is 6.76. The van der Waals surface area contributed by atoms with E-state index in [0.717, 1.165) is 31.2 Å². The molecule has 7 heteroatoms. The summed E-state index contributed by atoms with van der Waals surface area (Å²) in [6.45, 7) is 0. The number of amides is 1. The van der Waals surface area contributed by atoms with Crippen LogP contribution < -0.4 is 5.32 Å². The van der Waals surface area contributed by atoms with Crippen LogP contribution in [-0.4, -0.2) is 36.3 Å². The van der Waals surface area contributed by atoms with Crippen molar-refractivity contribution in [1.82, 2.24) is 0 Å². The van der Waals surface area contributed by atoms with Gasteiger partial charge in [0.25, 0.3) is 0 Å². The summed E-state index contributed by atoms with van der Waals surface area (Å²) in [5, 5.41) is 3.59. The molecule has 1 amide bonds. The highest BCUT2D eigenvalue weighted by atomic mass is 32.2. The standard InChI is InChI=1S/C21H23NO4S2/c1-26-18(24)11-12-27-13-17(23)22-21-19(15-9-5-6-10-16(15)28-21)20(25)14-7-3-2-4-8-14/h2-4,7-8H,5-6,9-13H2,1H3,(H,22,23). The SMILES string of the molecule is COC(=O)CCSCC(=O)Nc1sc2c(c1C(=O)c1ccccc1)CCCC2. The van der Waals surface area contributed by atoms with Gasteiger partial charge in [-0.05, 0) is 31.2 Å². The second-order valence-electron chi connectivity index (χ2n) is 6.54. The Morgan fingerprint density at radius 3 is 2.64 bits per heavy atom. The van der Waals surface area contributed by atoms with Crippen LogP contribution in [0.3, 0.4) is 0 Å². The smallest absolute Gasteiger partial charge is 0.306 e. The number of aryl methyl sites for hydroxylation is 1. The topological polar surface area (TPSA) is 72.5 Å². The van der Waals surface area contributed by atoms with E-state index in [0.29, 0.717) is 21.9 Å². The fourth-order valence-electron chi connectivity index (χ4n) is 3.21. The first-order valence-electron chi connectivity index (χ1n) is 9.29. The first-order chi connectivity index (χ1) is 13.6. The Hall–Kier alpha value is -2.12. The number of ketones is 1. The number of anilines is 1. The van der Waals surface area contributed by atoms with Gasteiger partial charge >= 0.3 is 5.97 Å². The molecule has 1 heterocycles. The minimum Gasteiger partial charge on any atom is -0.469 e. The Morgan fingerprint density at radius 1 is 1.14 bits per heavy atom. The summed E-state index contributed by atoms with van der Waals surface area (Å²) in [4.78, 5) is 37.9. The fraction of sp³-hybridized carbons (Fsp3) is 0.381. The lowest BCUT2D eigenvalue weighted by molar-refractivity contribution is -0.140. The van der Waals surface area contributed by atoms with Crippen LogP contribution in [-0.2, 0) is 27.2 Å². The van der Waals surface area contributed by atoms with Crippen LogP contribution in [0.25, 0.3) is 0 Å². The summed E-state index contributed by atoms with van der Waals surface area (Å²) in [6, 6.07) is 9.20. The molecule has 0 saturated carbocycles. The average Bonchev–Trinajstić information content (AvgIpc) is 3.08. The van der Waals surface area contributed by atoms with Gasteiger partial charge in [0, 0.05) is 16.2 Å². The molecule has 0 atom stereocenters. The molecule has 1 aliphatic rings. The third-order valence-electron chi connectivity index (χ3n) is 4.60. The van der Waals surface area contributed by atoms with Crippen LogP contribution in [0.5, 0.6) is 0 Å². The van der Waals surface area contributed by atoms with E-state index in [1.807, 2.05) is 30.3 Å². The molecule has 3 rings (SSSR count). The molecule has 1 aromatic heterocycles. The minimum absolute atomic E-state index is 0.0337. The van der Waals surface area contributed by atoms with Gasteiger partial charge in [-0.2, -0.15) is 11.8 Å². The zero-order valence-electron chi connectivity index (χ0n) is 15.8. The molecule has 0 bridgehead atoms. The highest BCUT2D eigenvalue weighted by Gasteiger charge is 2.26. The van der Waals surface area contributed by atoms with Gasteiger partial charge in [-0.3, -0.25) is 14.4 Å². The zero-order valence-corrected chi connectivity index (χ0v) is 17.4. The minimum atomic E-state index is -0.283. The summed E-state index contributed by atoms with van der Waals surface area (Å²) < 4.78 is 4.59. The molecule has 0 radical (unpaired) electrons. The summed E-state index contributed by atoms with van der Waals surface area (Å²) in [7, 11) is 1.35. The Balaban J connectivity index is 1.73. The van der Waals surface area contributed by atoms with Crippen molar-refractivity contribution in [3.05, 3.63) is 51.9 Å². The van der Waals surface area contributed by atoms with E-state index in [1.54, 1.807) is 0 Å². The van der Waals surface area contributed by atoms with E-state index >= 15 is 0 Å². The lowest BCUT2D eigenvalue weighted by atomic mass is 9.92. The van der Waals surface area contributed by atoms with Crippen molar-refractivity contribution in [2.45, 2.75) is 32.1 Å². The number of benzene rings is 1. The van der Waals surface area contributed by atoms with Gasteiger partial charge in [-0.25, -0.2) is 0 Å². The quantitative estimate of drug-likeness (QED) is 0.398. The summed E-state index contributed by atoms with van der Waals surface area (Å²) >= 11 is 2.90. The van der Waals surface area contributed by atoms with E-state index in [9.17, 15) is 14.4 Å². The van der Waals surface area contributed by atoms with Gasteiger partial charge in [0.1, 0.15) is 5.00 Å². The van der Waals surface area contributed by atoms with E-state index in [1.165, 1.54) is 35.1 Å². The largest absolute Gasteiger partial charge is 0.469 e. The highest BCUT2D eigenvalue weighted by Crippen LogP contribution is 2.39. The van der Waals surface area contributed by atoms with E-state index < -0.39 is 0 Å². The summed E-state index contributed by atoms with van der Waals surface area (Å²) in [6.07, 6.45) is 4.29. The number of hydrogen-bond acceptors (Lipinski definition) is 6. The maximum Gasteiger partial charge on any atom is 0.306 e. The number of nitrogens with one attached hydrogen (secondary N) is 1. The number of fused-ring (bicyclic) bond motifs is 1. The van der Waals surface area contributed by atoms with Crippen LogP contribution in [0.1, 0.15) is 45.6 Å². The second kappa shape index (κ2) is 9.89. The molecule has 28 heavy (non-hydrogen) atoms. The number of ether oxygens (including phenoxy) is 1. The zero-order chi connectivity index (χ0) is 19.9. The van der Waals surface area contributed by atoms with Crippen LogP contribution in [0.15, 0.2) is 30.3 Å². The normalized spacial score (nSPS) is 12.9. The van der Waals surface area contributed by atoms with Gasteiger partial charge in [0.05, 0.1) is 24.8 Å². The van der Waals surface area contributed by atoms with Gasteiger partial charge < -0.3 is 10.1 Å². The van der Waals surface area contributed by atoms with Crippen molar-refractivity contribution in [3.63, 3.8) is 0 Å². The Labute approximate surface area is 172 Å². The predicted octanol–water partition coefficient (Wildman–Crippen LogP) is 4.09. The fourth-order valence-corrected chi connectivity index (χ4v) is 5.23. The Bertz CT molecular complexity index is 861. The molecular weight excluding hydrogens is 394 g/mol. The van der Waals surface area contributed by atoms with Crippen molar-refractivity contribution < 1.29 is 19.1 Å². The number of esters is 1.